The molecule has 0 aromatic carbocycles. The second-order valence-electron chi connectivity index (χ2n) is 4.34. The van der Waals surface area contributed by atoms with Gasteiger partial charge in [-0.25, -0.2) is 0 Å². The van der Waals surface area contributed by atoms with Gasteiger partial charge in [0.05, 0.1) is 11.4 Å². The van der Waals surface area contributed by atoms with Crippen molar-refractivity contribution in [3.05, 3.63) is 44.3 Å². The van der Waals surface area contributed by atoms with Crippen LogP contribution in [0.3, 0.4) is 0 Å². The van der Waals surface area contributed by atoms with Gasteiger partial charge in [-0.15, -0.1) is 22.7 Å². The summed E-state index contributed by atoms with van der Waals surface area (Å²) in [5.74, 6) is 5.97. The minimum absolute atomic E-state index is 0.425. The van der Waals surface area contributed by atoms with Gasteiger partial charge in [0, 0.05) is 22.8 Å². The van der Waals surface area contributed by atoms with Crippen LogP contribution < -0.4 is 5.73 Å². The Morgan fingerprint density at radius 3 is 2.89 bits per heavy atom. The Labute approximate surface area is 122 Å². The summed E-state index contributed by atoms with van der Waals surface area (Å²) in [4.78, 5) is 6.26. The van der Waals surface area contributed by atoms with Gasteiger partial charge < -0.3 is 10.6 Å². The summed E-state index contributed by atoms with van der Waals surface area (Å²) in [5, 5.41) is 2.14. The van der Waals surface area contributed by atoms with Crippen molar-refractivity contribution in [1.82, 2.24) is 4.90 Å². The van der Waals surface area contributed by atoms with Crippen molar-refractivity contribution in [2.75, 3.05) is 20.1 Å². The summed E-state index contributed by atoms with van der Waals surface area (Å²) >= 11 is 3.59. The number of hydrogen-bond donors (Lipinski definition) is 1. The largest absolute Gasteiger partial charge is 0.320 e. The molecule has 2 heterocycles. The van der Waals surface area contributed by atoms with Gasteiger partial charge in [-0.3, -0.25) is 0 Å². The molecule has 0 saturated carbocycles. The summed E-state index contributed by atoms with van der Waals surface area (Å²) in [6, 6.07) is 8.55. The van der Waals surface area contributed by atoms with Crippen LogP contribution in [-0.2, 0) is 13.0 Å². The van der Waals surface area contributed by atoms with E-state index in [4.69, 9.17) is 5.73 Å². The van der Waals surface area contributed by atoms with Gasteiger partial charge in [0.25, 0.3) is 0 Å². The third kappa shape index (κ3) is 4.81. The Hall–Kier alpha value is -1.12. The lowest BCUT2D eigenvalue weighted by atomic mass is 10.3. The number of likely N-dealkylation sites (N-methyl/N-ethyl adjacent to an activating group) is 1. The number of thiophene rings is 2. The Kier molecular flexibility index (Phi) is 5.62. The van der Waals surface area contributed by atoms with E-state index in [9.17, 15) is 0 Å². The van der Waals surface area contributed by atoms with Crippen molar-refractivity contribution in [2.24, 2.45) is 5.73 Å². The van der Waals surface area contributed by atoms with E-state index in [0.717, 1.165) is 24.4 Å². The zero-order chi connectivity index (χ0) is 13.5. The third-order valence-electron chi connectivity index (χ3n) is 2.72. The number of nitrogens with two attached hydrogens (primary N) is 1. The second kappa shape index (κ2) is 7.46. The first-order valence-electron chi connectivity index (χ1n) is 6.26. The van der Waals surface area contributed by atoms with Crippen LogP contribution in [0.5, 0.6) is 0 Å². The molecule has 100 valence electrons. The van der Waals surface area contributed by atoms with E-state index in [2.05, 4.69) is 53.4 Å². The van der Waals surface area contributed by atoms with Gasteiger partial charge in [0.1, 0.15) is 0 Å². The average Bonchev–Trinajstić information content (AvgIpc) is 3.05. The molecule has 0 amide bonds. The summed E-state index contributed by atoms with van der Waals surface area (Å²) in [6.45, 7) is 2.50. The number of nitrogens with zero attached hydrogens (tertiary/aromatic N) is 1. The SMILES string of the molecule is CN(CCc1cccs1)Cc1ccc(C#CCN)s1. The van der Waals surface area contributed by atoms with E-state index in [-0.39, 0.29) is 0 Å². The molecule has 2 aromatic rings. The van der Waals surface area contributed by atoms with Crippen LogP contribution in [0.25, 0.3) is 0 Å². The molecule has 0 saturated heterocycles. The molecule has 0 radical (unpaired) electrons. The van der Waals surface area contributed by atoms with Crippen molar-refractivity contribution in [2.45, 2.75) is 13.0 Å². The topological polar surface area (TPSA) is 29.3 Å². The molecule has 0 spiro atoms. The van der Waals surface area contributed by atoms with E-state index >= 15 is 0 Å². The van der Waals surface area contributed by atoms with Crippen LogP contribution >= 0.6 is 22.7 Å². The maximum Gasteiger partial charge on any atom is 0.0772 e. The lowest BCUT2D eigenvalue weighted by molar-refractivity contribution is 0.335. The molecule has 2 N–H and O–H groups in total. The van der Waals surface area contributed by atoms with E-state index in [1.54, 1.807) is 11.3 Å². The second-order valence-corrected chi connectivity index (χ2v) is 6.54. The van der Waals surface area contributed by atoms with Crippen molar-refractivity contribution >= 4 is 22.7 Å². The van der Waals surface area contributed by atoms with Crippen LogP contribution in [0.4, 0.5) is 0 Å². The highest BCUT2D eigenvalue weighted by Crippen LogP contribution is 2.17. The first-order chi connectivity index (χ1) is 9.28. The molecule has 0 aliphatic heterocycles. The van der Waals surface area contributed by atoms with E-state index < -0.39 is 0 Å². The molecule has 2 nitrogen and oxygen atoms in total. The first-order valence-corrected chi connectivity index (χ1v) is 7.96. The van der Waals surface area contributed by atoms with Gasteiger partial charge in [0.15, 0.2) is 0 Å². The van der Waals surface area contributed by atoms with Gasteiger partial charge in [-0.05, 0) is 37.0 Å². The van der Waals surface area contributed by atoms with Crippen molar-refractivity contribution in [3.8, 4) is 11.8 Å². The van der Waals surface area contributed by atoms with E-state index in [1.807, 2.05) is 11.3 Å². The van der Waals surface area contributed by atoms with Crippen molar-refractivity contribution in [3.63, 3.8) is 0 Å². The van der Waals surface area contributed by atoms with Gasteiger partial charge in [0.2, 0.25) is 0 Å². The molecule has 19 heavy (non-hydrogen) atoms. The fourth-order valence-corrected chi connectivity index (χ4v) is 3.43. The first kappa shape index (κ1) is 14.3. The summed E-state index contributed by atoms with van der Waals surface area (Å²) in [7, 11) is 2.17. The zero-order valence-corrected chi connectivity index (χ0v) is 12.7. The minimum atomic E-state index is 0.425. The number of hydrogen-bond acceptors (Lipinski definition) is 4. The Bertz CT molecular complexity index is 546. The van der Waals surface area contributed by atoms with Crippen molar-refractivity contribution in [1.29, 1.82) is 0 Å². The van der Waals surface area contributed by atoms with Gasteiger partial charge in [-0.2, -0.15) is 0 Å². The Morgan fingerprint density at radius 1 is 1.26 bits per heavy atom. The fraction of sp³-hybridized carbons (Fsp3) is 0.333. The third-order valence-corrected chi connectivity index (χ3v) is 4.64. The molecule has 0 bridgehead atoms. The van der Waals surface area contributed by atoms with Crippen molar-refractivity contribution < 1.29 is 0 Å². The molecule has 2 aromatic heterocycles. The summed E-state index contributed by atoms with van der Waals surface area (Å²) in [6.07, 6.45) is 1.12. The summed E-state index contributed by atoms with van der Waals surface area (Å²) in [5.41, 5.74) is 5.37. The zero-order valence-electron chi connectivity index (χ0n) is 11.1. The molecule has 0 atom stereocenters. The molecule has 0 fully saturated rings. The predicted molar refractivity (Wildman–Crippen MR) is 84.6 cm³/mol. The molecule has 0 aliphatic rings. The van der Waals surface area contributed by atoms with E-state index in [1.165, 1.54) is 9.75 Å². The lowest BCUT2D eigenvalue weighted by Gasteiger charge is -2.14. The standard InChI is InChI=1S/C15H18N2S2/c1-17(10-8-13-5-3-11-18-13)12-15-7-6-14(19-15)4-2-9-16/h3,5-7,11H,8-10,12,16H2,1H3. The number of rotatable bonds is 5. The van der Waals surface area contributed by atoms with Crippen LogP contribution in [0, 0.1) is 11.8 Å². The normalized spacial score (nSPS) is 10.5. The van der Waals surface area contributed by atoms with Crippen LogP contribution in [0.1, 0.15) is 14.6 Å². The van der Waals surface area contributed by atoms with Crippen LogP contribution in [-0.4, -0.2) is 25.0 Å². The average molecular weight is 290 g/mol. The highest BCUT2D eigenvalue weighted by Gasteiger charge is 2.04. The summed E-state index contributed by atoms with van der Waals surface area (Å²) < 4.78 is 0. The molecule has 2 rings (SSSR count). The van der Waals surface area contributed by atoms with Gasteiger partial charge in [-0.1, -0.05) is 17.9 Å². The molecule has 0 aliphatic carbocycles. The van der Waals surface area contributed by atoms with Gasteiger partial charge >= 0.3 is 0 Å². The minimum Gasteiger partial charge on any atom is -0.320 e. The van der Waals surface area contributed by atoms with Crippen LogP contribution in [0.15, 0.2) is 29.6 Å². The highest BCUT2D eigenvalue weighted by atomic mass is 32.1. The molecular weight excluding hydrogens is 272 g/mol. The van der Waals surface area contributed by atoms with Crippen LogP contribution in [0.2, 0.25) is 0 Å². The monoisotopic (exact) mass is 290 g/mol. The maximum absolute atomic E-state index is 5.37. The molecular formula is C15H18N2S2. The lowest BCUT2D eigenvalue weighted by Crippen LogP contribution is -2.19. The van der Waals surface area contributed by atoms with E-state index in [0.29, 0.717) is 6.54 Å². The predicted octanol–water partition coefficient (Wildman–Crippen LogP) is 2.79. The smallest absolute Gasteiger partial charge is 0.0772 e. The Balaban J connectivity index is 1.81. The fourth-order valence-electron chi connectivity index (χ4n) is 1.77. The quantitative estimate of drug-likeness (QED) is 0.858. The molecule has 0 unspecified atom stereocenters. The maximum atomic E-state index is 5.37. The molecule has 4 heteroatoms. The highest BCUT2D eigenvalue weighted by molar-refractivity contribution is 7.12. The Morgan fingerprint density at radius 2 is 2.16 bits per heavy atom.